The summed E-state index contributed by atoms with van der Waals surface area (Å²) in [4.78, 5) is 2.39. The van der Waals surface area contributed by atoms with Gasteiger partial charge in [0.05, 0.1) is 6.04 Å². The molecule has 1 aliphatic heterocycles. The van der Waals surface area contributed by atoms with Crippen LogP contribution in [0.1, 0.15) is 30.9 Å². The van der Waals surface area contributed by atoms with Crippen molar-refractivity contribution in [3.05, 3.63) is 29.8 Å². The molecule has 0 amide bonds. The van der Waals surface area contributed by atoms with E-state index in [0.717, 1.165) is 18.7 Å². The molecule has 1 saturated heterocycles. The number of para-hydroxylation sites is 1. The van der Waals surface area contributed by atoms with Crippen LogP contribution >= 0.6 is 0 Å². The fourth-order valence-corrected chi connectivity index (χ4v) is 2.47. The van der Waals surface area contributed by atoms with Gasteiger partial charge in [-0.05, 0) is 32.0 Å². The molecular formula is C13H20N2O. The van der Waals surface area contributed by atoms with Crippen LogP contribution < -0.4 is 5.73 Å². The molecule has 2 rings (SSSR count). The van der Waals surface area contributed by atoms with E-state index in [1.54, 1.807) is 6.07 Å². The summed E-state index contributed by atoms with van der Waals surface area (Å²) < 4.78 is 0. The minimum Gasteiger partial charge on any atom is -0.508 e. The van der Waals surface area contributed by atoms with Crippen molar-refractivity contribution >= 4 is 0 Å². The number of piperidine rings is 1. The van der Waals surface area contributed by atoms with Gasteiger partial charge in [-0.15, -0.1) is 0 Å². The molecule has 0 saturated carbocycles. The van der Waals surface area contributed by atoms with Gasteiger partial charge in [-0.3, -0.25) is 4.90 Å². The van der Waals surface area contributed by atoms with Crippen LogP contribution in [0.15, 0.2) is 24.3 Å². The lowest BCUT2D eigenvalue weighted by Crippen LogP contribution is -2.37. The third kappa shape index (κ3) is 2.36. The number of phenols is 1. The minimum atomic E-state index is 0.168. The van der Waals surface area contributed by atoms with Crippen molar-refractivity contribution < 1.29 is 5.11 Å². The van der Waals surface area contributed by atoms with E-state index in [0.29, 0.717) is 12.3 Å². The van der Waals surface area contributed by atoms with E-state index in [-0.39, 0.29) is 6.04 Å². The van der Waals surface area contributed by atoms with Crippen molar-refractivity contribution in [2.75, 3.05) is 19.6 Å². The normalized spacial score (nSPS) is 19.6. The van der Waals surface area contributed by atoms with Crippen molar-refractivity contribution in [3.8, 4) is 5.75 Å². The molecule has 1 fully saturated rings. The number of phenolic OH excluding ortho intramolecular Hbond substituents is 1. The lowest BCUT2D eigenvalue weighted by molar-refractivity contribution is 0.165. The van der Waals surface area contributed by atoms with Crippen LogP contribution in [-0.2, 0) is 0 Å². The van der Waals surface area contributed by atoms with Gasteiger partial charge >= 0.3 is 0 Å². The Hall–Kier alpha value is -1.06. The van der Waals surface area contributed by atoms with Gasteiger partial charge in [-0.1, -0.05) is 24.6 Å². The Balaban J connectivity index is 2.18. The van der Waals surface area contributed by atoms with Gasteiger partial charge < -0.3 is 10.8 Å². The summed E-state index contributed by atoms with van der Waals surface area (Å²) in [5.41, 5.74) is 6.82. The Morgan fingerprint density at radius 1 is 1.19 bits per heavy atom. The van der Waals surface area contributed by atoms with Gasteiger partial charge in [0.2, 0.25) is 0 Å². The van der Waals surface area contributed by atoms with Gasteiger partial charge in [0.1, 0.15) is 5.75 Å². The number of nitrogens with two attached hydrogens (primary N) is 1. The van der Waals surface area contributed by atoms with E-state index in [2.05, 4.69) is 4.90 Å². The number of rotatable bonds is 3. The maximum absolute atomic E-state index is 9.86. The van der Waals surface area contributed by atoms with Crippen LogP contribution in [0.3, 0.4) is 0 Å². The zero-order chi connectivity index (χ0) is 11.4. The van der Waals surface area contributed by atoms with E-state index in [1.807, 2.05) is 18.2 Å². The summed E-state index contributed by atoms with van der Waals surface area (Å²) in [7, 11) is 0. The average molecular weight is 220 g/mol. The predicted molar refractivity (Wildman–Crippen MR) is 65.3 cm³/mol. The summed E-state index contributed by atoms with van der Waals surface area (Å²) in [6.45, 7) is 2.75. The molecule has 1 aromatic carbocycles. The summed E-state index contributed by atoms with van der Waals surface area (Å²) in [5.74, 6) is 0.364. The van der Waals surface area contributed by atoms with Gasteiger partial charge in [0.15, 0.2) is 0 Å². The maximum Gasteiger partial charge on any atom is 0.120 e. The van der Waals surface area contributed by atoms with Crippen LogP contribution in [-0.4, -0.2) is 29.6 Å². The van der Waals surface area contributed by atoms with E-state index in [4.69, 9.17) is 5.73 Å². The Bertz CT molecular complexity index is 334. The highest BCUT2D eigenvalue weighted by Crippen LogP contribution is 2.29. The first-order valence-corrected chi connectivity index (χ1v) is 6.05. The second-order valence-electron chi connectivity index (χ2n) is 4.41. The molecule has 1 unspecified atom stereocenters. The van der Waals surface area contributed by atoms with Gasteiger partial charge in [-0.25, -0.2) is 0 Å². The Kier molecular flexibility index (Phi) is 3.80. The first-order chi connectivity index (χ1) is 7.83. The zero-order valence-electron chi connectivity index (χ0n) is 9.60. The molecule has 1 aromatic rings. The Morgan fingerprint density at radius 3 is 2.50 bits per heavy atom. The lowest BCUT2D eigenvalue weighted by atomic mass is 10.0. The molecular weight excluding hydrogens is 200 g/mol. The van der Waals surface area contributed by atoms with Crippen LogP contribution in [0.2, 0.25) is 0 Å². The Morgan fingerprint density at radius 2 is 1.88 bits per heavy atom. The van der Waals surface area contributed by atoms with E-state index >= 15 is 0 Å². The molecule has 1 aliphatic rings. The number of nitrogens with zero attached hydrogens (tertiary/aromatic N) is 1. The van der Waals surface area contributed by atoms with Crippen molar-refractivity contribution in [1.82, 2.24) is 4.90 Å². The van der Waals surface area contributed by atoms with Gasteiger partial charge in [-0.2, -0.15) is 0 Å². The number of hydrogen-bond donors (Lipinski definition) is 2. The molecule has 0 spiro atoms. The van der Waals surface area contributed by atoms with Gasteiger partial charge in [0, 0.05) is 12.1 Å². The first-order valence-electron chi connectivity index (χ1n) is 6.05. The van der Waals surface area contributed by atoms with E-state index in [9.17, 15) is 5.11 Å². The molecule has 88 valence electrons. The quantitative estimate of drug-likeness (QED) is 0.817. The SMILES string of the molecule is NCC(c1ccccc1O)N1CCCCC1. The van der Waals surface area contributed by atoms with Crippen LogP contribution in [0.5, 0.6) is 5.75 Å². The molecule has 3 N–H and O–H groups in total. The fraction of sp³-hybridized carbons (Fsp3) is 0.538. The smallest absolute Gasteiger partial charge is 0.120 e. The second-order valence-corrected chi connectivity index (χ2v) is 4.41. The van der Waals surface area contributed by atoms with Crippen LogP contribution in [0.4, 0.5) is 0 Å². The van der Waals surface area contributed by atoms with Crippen LogP contribution in [0.25, 0.3) is 0 Å². The summed E-state index contributed by atoms with van der Waals surface area (Å²) in [5, 5.41) is 9.86. The largest absolute Gasteiger partial charge is 0.508 e. The molecule has 1 atom stereocenters. The average Bonchev–Trinajstić information content (AvgIpc) is 2.34. The molecule has 1 heterocycles. The highest BCUT2D eigenvalue weighted by Gasteiger charge is 2.22. The first kappa shape index (κ1) is 11.4. The van der Waals surface area contributed by atoms with Crippen molar-refractivity contribution in [1.29, 1.82) is 0 Å². The van der Waals surface area contributed by atoms with E-state index < -0.39 is 0 Å². The second kappa shape index (κ2) is 5.32. The number of hydrogen-bond acceptors (Lipinski definition) is 3. The highest BCUT2D eigenvalue weighted by molar-refractivity contribution is 5.34. The molecule has 0 radical (unpaired) electrons. The molecule has 0 bridgehead atoms. The third-order valence-electron chi connectivity index (χ3n) is 3.35. The Labute approximate surface area is 96.9 Å². The van der Waals surface area contributed by atoms with Crippen molar-refractivity contribution in [2.24, 2.45) is 5.73 Å². The minimum absolute atomic E-state index is 0.168. The summed E-state index contributed by atoms with van der Waals surface area (Å²) >= 11 is 0. The number of likely N-dealkylation sites (tertiary alicyclic amines) is 1. The van der Waals surface area contributed by atoms with Crippen LogP contribution in [0, 0.1) is 0 Å². The highest BCUT2D eigenvalue weighted by atomic mass is 16.3. The molecule has 16 heavy (non-hydrogen) atoms. The summed E-state index contributed by atoms with van der Waals surface area (Å²) in [6, 6.07) is 7.69. The molecule has 0 aromatic heterocycles. The predicted octanol–water partition coefficient (Wildman–Crippen LogP) is 1.88. The number of benzene rings is 1. The maximum atomic E-state index is 9.86. The molecule has 3 nitrogen and oxygen atoms in total. The standard InChI is InChI=1S/C13H20N2O/c14-10-12(15-8-4-1-5-9-15)11-6-2-3-7-13(11)16/h2-3,6-7,12,16H,1,4-5,8-10,14H2. The van der Waals surface area contributed by atoms with E-state index in [1.165, 1.54) is 19.3 Å². The summed E-state index contributed by atoms with van der Waals surface area (Å²) in [6.07, 6.45) is 3.79. The zero-order valence-corrected chi connectivity index (χ0v) is 9.60. The molecule has 3 heteroatoms. The van der Waals surface area contributed by atoms with Gasteiger partial charge in [0.25, 0.3) is 0 Å². The third-order valence-corrected chi connectivity index (χ3v) is 3.35. The fourth-order valence-electron chi connectivity index (χ4n) is 2.47. The molecule has 0 aliphatic carbocycles. The van der Waals surface area contributed by atoms with Crippen molar-refractivity contribution in [2.45, 2.75) is 25.3 Å². The topological polar surface area (TPSA) is 49.5 Å². The number of aromatic hydroxyl groups is 1. The monoisotopic (exact) mass is 220 g/mol. The van der Waals surface area contributed by atoms with Crippen molar-refractivity contribution in [3.63, 3.8) is 0 Å². The lowest BCUT2D eigenvalue weighted by Gasteiger charge is -2.34.